The second-order valence-electron chi connectivity index (χ2n) is 7.17. The first kappa shape index (κ1) is 17.6. The maximum absolute atomic E-state index is 9.68. The number of aryl methyl sites for hydroxylation is 1. The van der Waals surface area contributed by atoms with Gasteiger partial charge in [-0.25, -0.2) is 0 Å². The van der Waals surface area contributed by atoms with Gasteiger partial charge in [-0.15, -0.1) is 0 Å². The molecule has 27 heavy (non-hydrogen) atoms. The molecule has 0 bridgehead atoms. The van der Waals surface area contributed by atoms with Crippen LogP contribution in [0.25, 0.3) is 16.6 Å². The van der Waals surface area contributed by atoms with Crippen LogP contribution < -0.4 is 4.90 Å². The minimum Gasteiger partial charge on any atom is -0.381 e. The van der Waals surface area contributed by atoms with Gasteiger partial charge in [0, 0.05) is 67.4 Å². The lowest BCUT2D eigenvalue weighted by molar-refractivity contribution is 0.0844. The van der Waals surface area contributed by atoms with Crippen molar-refractivity contribution in [1.29, 1.82) is 5.26 Å². The molecule has 0 amide bonds. The van der Waals surface area contributed by atoms with Crippen LogP contribution in [0.15, 0.2) is 30.7 Å². The smallest absolute Gasteiger partial charge is 0.117 e. The second kappa shape index (κ2) is 7.09. The Bertz CT molecular complexity index is 1000. The Hall–Kier alpha value is -2.78. The minimum atomic E-state index is 0.434. The number of nitrogens with zero attached hydrogens (tertiary/aromatic N) is 5. The molecule has 1 aliphatic heterocycles. The lowest BCUT2D eigenvalue weighted by Gasteiger charge is -2.36. The minimum absolute atomic E-state index is 0.434. The average molecular weight is 363 g/mol. The van der Waals surface area contributed by atoms with Gasteiger partial charge in [0.2, 0.25) is 0 Å². The zero-order chi connectivity index (χ0) is 19.0. The van der Waals surface area contributed by atoms with Crippen LogP contribution in [0.3, 0.4) is 0 Å². The summed E-state index contributed by atoms with van der Waals surface area (Å²) in [6, 6.07) is 6.94. The quantitative estimate of drug-likeness (QED) is 0.712. The summed E-state index contributed by atoms with van der Waals surface area (Å²) in [6.07, 6.45) is 8.09. The van der Waals surface area contributed by atoms with Crippen LogP contribution in [0.4, 0.5) is 5.82 Å². The van der Waals surface area contributed by atoms with Gasteiger partial charge in [-0.1, -0.05) is 0 Å². The molecular weight excluding hydrogens is 338 g/mol. The molecule has 0 saturated carbocycles. The molecule has 4 heterocycles. The Morgan fingerprint density at radius 2 is 2.04 bits per heavy atom. The molecule has 3 aromatic heterocycles. The van der Waals surface area contributed by atoms with Crippen molar-refractivity contribution in [2.75, 3.05) is 24.7 Å². The van der Waals surface area contributed by atoms with Crippen LogP contribution in [0.5, 0.6) is 0 Å². The van der Waals surface area contributed by atoms with Crippen molar-refractivity contribution in [1.82, 2.24) is 14.2 Å². The summed E-state index contributed by atoms with van der Waals surface area (Å²) in [4.78, 5) is 2.44. The number of nitriles is 1. The van der Waals surface area contributed by atoms with Crippen LogP contribution in [0, 0.1) is 18.3 Å². The first-order valence-electron chi connectivity index (χ1n) is 9.51. The van der Waals surface area contributed by atoms with Crippen molar-refractivity contribution in [3.8, 4) is 17.2 Å². The van der Waals surface area contributed by atoms with E-state index in [0.717, 1.165) is 66.2 Å². The first-order chi connectivity index (χ1) is 13.1. The zero-order valence-electron chi connectivity index (χ0n) is 16.1. The fourth-order valence-electron chi connectivity index (χ4n) is 4.11. The number of hydrogen-bond acceptors (Lipinski definition) is 4. The Morgan fingerprint density at radius 1 is 1.26 bits per heavy atom. The molecule has 0 aliphatic carbocycles. The van der Waals surface area contributed by atoms with Crippen LogP contribution in [-0.4, -0.2) is 40.0 Å². The molecule has 1 fully saturated rings. The van der Waals surface area contributed by atoms with Crippen molar-refractivity contribution in [2.24, 2.45) is 7.05 Å². The molecule has 0 radical (unpaired) electrons. The van der Waals surface area contributed by atoms with Crippen molar-refractivity contribution < 1.29 is 4.74 Å². The molecule has 0 N–H and O–H groups in total. The Labute approximate surface area is 159 Å². The van der Waals surface area contributed by atoms with E-state index in [0.29, 0.717) is 6.04 Å². The highest BCUT2D eigenvalue weighted by Crippen LogP contribution is 2.33. The van der Waals surface area contributed by atoms with Crippen molar-refractivity contribution in [2.45, 2.75) is 32.7 Å². The summed E-state index contributed by atoms with van der Waals surface area (Å²) >= 11 is 0. The number of fused-ring (bicyclic) bond motifs is 1. The monoisotopic (exact) mass is 363 g/mol. The van der Waals surface area contributed by atoms with Crippen LogP contribution in [0.1, 0.15) is 30.9 Å². The molecule has 0 unspecified atom stereocenters. The molecule has 4 rings (SSSR count). The van der Waals surface area contributed by atoms with Gasteiger partial charge in [-0.3, -0.25) is 4.68 Å². The first-order valence-corrected chi connectivity index (χ1v) is 9.51. The summed E-state index contributed by atoms with van der Waals surface area (Å²) < 4.78 is 9.61. The normalized spacial score (nSPS) is 15.2. The molecule has 0 aromatic carbocycles. The van der Waals surface area contributed by atoms with E-state index in [1.54, 1.807) is 0 Å². The number of aromatic nitrogens is 3. The van der Waals surface area contributed by atoms with Gasteiger partial charge >= 0.3 is 0 Å². The maximum atomic E-state index is 9.68. The Kier molecular flexibility index (Phi) is 4.63. The Morgan fingerprint density at radius 3 is 2.67 bits per heavy atom. The lowest BCUT2D eigenvalue weighted by atomic mass is 10.0. The number of rotatable bonds is 4. The molecular formula is C21H25N5O. The summed E-state index contributed by atoms with van der Waals surface area (Å²) in [5.41, 5.74) is 5.00. The number of anilines is 1. The maximum Gasteiger partial charge on any atom is 0.117 e. The third-order valence-corrected chi connectivity index (χ3v) is 5.51. The highest BCUT2D eigenvalue weighted by atomic mass is 16.5. The molecule has 0 atom stereocenters. The van der Waals surface area contributed by atoms with E-state index >= 15 is 0 Å². The third kappa shape index (κ3) is 3.08. The lowest BCUT2D eigenvalue weighted by Crippen LogP contribution is -2.40. The van der Waals surface area contributed by atoms with E-state index in [-0.39, 0.29) is 0 Å². The van der Waals surface area contributed by atoms with Crippen LogP contribution in [0.2, 0.25) is 0 Å². The van der Waals surface area contributed by atoms with E-state index < -0.39 is 0 Å². The molecule has 1 saturated heterocycles. The van der Waals surface area contributed by atoms with Gasteiger partial charge in [0.15, 0.2) is 0 Å². The second-order valence-corrected chi connectivity index (χ2v) is 7.17. The average Bonchev–Trinajstić information content (AvgIpc) is 3.30. The zero-order valence-corrected chi connectivity index (χ0v) is 16.1. The van der Waals surface area contributed by atoms with Gasteiger partial charge in [0.05, 0.1) is 17.8 Å². The van der Waals surface area contributed by atoms with Gasteiger partial charge in [0.25, 0.3) is 0 Å². The van der Waals surface area contributed by atoms with Gasteiger partial charge < -0.3 is 14.0 Å². The summed E-state index contributed by atoms with van der Waals surface area (Å²) in [7, 11) is 1.92. The van der Waals surface area contributed by atoms with E-state index in [1.807, 2.05) is 30.2 Å². The molecule has 3 aromatic rings. The predicted molar refractivity (Wildman–Crippen MR) is 106 cm³/mol. The van der Waals surface area contributed by atoms with E-state index in [9.17, 15) is 5.26 Å². The van der Waals surface area contributed by atoms with Crippen molar-refractivity contribution >= 4 is 11.3 Å². The fourth-order valence-corrected chi connectivity index (χ4v) is 4.11. The fraction of sp³-hybridized carbons (Fsp3) is 0.429. The van der Waals surface area contributed by atoms with Crippen LogP contribution in [-0.2, 0) is 11.8 Å². The molecule has 1 aliphatic rings. The number of hydrogen-bond donors (Lipinski definition) is 0. The summed E-state index contributed by atoms with van der Waals surface area (Å²) in [5.74, 6) is 1.12. The number of pyridine rings is 1. The predicted octanol–water partition coefficient (Wildman–Crippen LogP) is 3.53. The molecule has 140 valence electrons. The topological polar surface area (TPSA) is 58.5 Å². The van der Waals surface area contributed by atoms with Gasteiger partial charge in [-0.05, 0) is 38.8 Å². The largest absolute Gasteiger partial charge is 0.381 e. The molecule has 0 spiro atoms. The van der Waals surface area contributed by atoms with Crippen LogP contribution >= 0.6 is 0 Å². The Balaban J connectivity index is 1.90. The highest BCUT2D eigenvalue weighted by Gasteiger charge is 2.25. The van der Waals surface area contributed by atoms with Crippen molar-refractivity contribution in [3.63, 3.8) is 0 Å². The van der Waals surface area contributed by atoms with E-state index in [2.05, 4.69) is 46.6 Å². The van der Waals surface area contributed by atoms with Gasteiger partial charge in [-0.2, -0.15) is 10.4 Å². The highest BCUT2D eigenvalue weighted by molar-refractivity contribution is 5.75. The molecule has 6 nitrogen and oxygen atoms in total. The van der Waals surface area contributed by atoms with Crippen molar-refractivity contribution in [3.05, 3.63) is 41.9 Å². The summed E-state index contributed by atoms with van der Waals surface area (Å²) in [6.45, 7) is 6.74. The summed E-state index contributed by atoms with van der Waals surface area (Å²) in [5, 5.41) is 14.0. The number of ether oxygens (including phenoxy) is 1. The van der Waals surface area contributed by atoms with E-state index in [4.69, 9.17) is 4.74 Å². The SMILES string of the molecule is CCN(c1c(C)c(C#N)cc2cc(-c3cnn(C)c3)cn12)C1CCOCC1. The standard InChI is InChI=1S/C21H25N5O/c1-4-25(19-5-7-27-8-6-19)21-15(2)16(11-22)9-20-10-17(14-26(20)21)18-12-23-24(3)13-18/h9-10,12-14,19H,4-8H2,1-3H3. The van der Waals surface area contributed by atoms with E-state index in [1.165, 1.54) is 0 Å². The molecule has 6 heteroatoms. The van der Waals surface area contributed by atoms with Gasteiger partial charge in [0.1, 0.15) is 5.82 Å². The third-order valence-electron chi connectivity index (χ3n) is 5.51.